The maximum Gasteiger partial charge on any atom is 0.407 e. The molecule has 0 atom stereocenters. The van der Waals surface area contributed by atoms with Crippen molar-refractivity contribution in [3.05, 3.63) is 24.5 Å². The second-order valence-electron chi connectivity index (χ2n) is 6.58. The van der Waals surface area contributed by atoms with Crippen molar-refractivity contribution in [2.75, 3.05) is 18.4 Å². The molecule has 2 aromatic heterocycles. The predicted molar refractivity (Wildman–Crippen MR) is 89.3 cm³/mol. The molecule has 24 heavy (non-hydrogen) atoms. The number of amides is 1. The van der Waals surface area contributed by atoms with Crippen LogP contribution in [-0.4, -0.2) is 50.7 Å². The summed E-state index contributed by atoms with van der Waals surface area (Å²) in [6, 6.07) is 4.07. The monoisotopic (exact) mass is 328 g/mol. The van der Waals surface area contributed by atoms with E-state index in [1.54, 1.807) is 17.0 Å². The Morgan fingerprint density at radius 3 is 2.58 bits per heavy atom. The van der Waals surface area contributed by atoms with E-state index in [0.29, 0.717) is 18.7 Å². The SMILES string of the molecule is O=C(O)N1CCC(Nc2ccnc3c2ccn3C(=O)C2CC2)CC1. The van der Waals surface area contributed by atoms with Crippen LogP contribution in [0.25, 0.3) is 11.0 Å². The van der Waals surface area contributed by atoms with E-state index in [4.69, 9.17) is 5.11 Å². The molecule has 1 saturated carbocycles. The van der Waals surface area contributed by atoms with Gasteiger partial charge in [-0.05, 0) is 37.8 Å². The number of hydrogen-bond acceptors (Lipinski definition) is 4. The highest BCUT2D eigenvalue weighted by Crippen LogP contribution is 2.33. The molecule has 1 amide bonds. The van der Waals surface area contributed by atoms with Crippen LogP contribution in [0, 0.1) is 5.92 Å². The van der Waals surface area contributed by atoms with Gasteiger partial charge in [-0.15, -0.1) is 0 Å². The van der Waals surface area contributed by atoms with Gasteiger partial charge in [0.15, 0.2) is 0 Å². The summed E-state index contributed by atoms with van der Waals surface area (Å²) >= 11 is 0. The lowest BCUT2D eigenvalue weighted by Gasteiger charge is -2.31. The third-order valence-electron chi connectivity index (χ3n) is 4.88. The minimum absolute atomic E-state index is 0.129. The number of carbonyl (C=O) groups excluding carboxylic acids is 1. The Morgan fingerprint density at radius 1 is 1.17 bits per heavy atom. The number of hydrogen-bond donors (Lipinski definition) is 2. The van der Waals surface area contributed by atoms with Gasteiger partial charge in [0.05, 0.1) is 0 Å². The largest absolute Gasteiger partial charge is 0.465 e. The fourth-order valence-electron chi connectivity index (χ4n) is 3.30. The third kappa shape index (κ3) is 2.70. The zero-order valence-electron chi connectivity index (χ0n) is 13.3. The standard InChI is InChI=1S/C17H20N4O3/c22-16(11-1-2-11)21-10-6-13-14(3-7-18-15(13)21)19-12-4-8-20(9-5-12)17(23)24/h3,6-7,10-12H,1-2,4-5,8-9H2,(H,18,19)(H,23,24). The van der Waals surface area contributed by atoms with Crippen molar-refractivity contribution >= 4 is 28.7 Å². The van der Waals surface area contributed by atoms with Crippen molar-refractivity contribution in [2.24, 2.45) is 5.92 Å². The summed E-state index contributed by atoms with van der Waals surface area (Å²) in [5.41, 5.74) is 1.65. The molecule has 0 spiro atoms. The molecule has 1 aliphatic carbocycles. The van der Waals surface area contributed by atoms with E-state index >= 15 is 0 Å². The predicted octanol–water partition coefficient (Wildman–Crippen LogP) is 2.64. The van der Waals surface area contributed by atoms with Crippen LogP contribution < -0.4 is 5.32 Å². The number of carbonyl (C=O) groups is 2. The molecule has 0 bridgehead atoms. The van der Waals surface area contributed by atoms with Gasteiger partial charge in [0.1, 0.15) is 5.65 Å². The molecule has 2 fully saturated rings. The van der Waals surface area contributed by atoms with Crippen LogP contribution in [0.3, 0.4) is 0 Å². The Kier molecular flexibility index (Phi) is 3.63. The minimum atomic E-state index is -0.851. The zero-order valence-corrected chi connectivity index (χ0v) is 13.3. The zero-order chi connectivity index (χ0) is 16.7. The van der Waals surface area contributed by atoms with Gasteiger partial charge >= 0.3 is 6.09 Å². The van der Waals surface area contributed by atoms with E-state index < -0.39 is 6.09 Å². The summed E-state index contributed by atoms with van der Waals surface area (Å²) in [5.74, 6) is 0.281. The number of piperidine rings is 1. The summed E-state index contributed by atoms with van der Waals surface area (Å²) < 4.78 is 1.66. The third-order valence-corrected chi connectivity index (χ3v) is 4.88. The summed E-state index contributed by atoms with van der Waals surface area (Å²) in [5, 5.41) is 13.5. The first-order chi connectivity index (χ1) is 11.6. The number of nitrogens with zero attached hydrogens (tertiary/aromatic N) is 3. The minimum Gasteiger partial charge on any atom is -0.465 e. The topological polar surface area (TPSA) is 87.5 Å². The molecule has 7 heteroatoms. The van der Waals surface area contributed by atoms with E-state index in [1.807, 2.05) is 12.1 Å². The molecule has 2 aromatic rings. The summed E-state index contributed by atoms with van der Waals surface area (Å²) in [4.78, 5) is 29.1. The first kappa shape index (κ1) is 15.0. The number of likely N-dealkylation sites (tertiary alicyclic amines) is 1. The maximum absolute atomic E-state index is 12.3. The van der Waals surface area contributed by atoms with Crippen LogP contribution >= 0.6 is 0 Å². The number of anilines is 1. The van der Waals surface area contributed by atoms with Gasteiger partial charge in [0.25, 0.3) is 0 Å². The molecule has 2 N–H and O–H groups in total. The first-order valence-electron chi connectivity index (χ1n) is 8.38. The van der Waals surface area contributed by atoms with E-state index in [2.05, 4.69) is 10.3 Å². The van der Waals surface area contributed by atoms with Crippen LogP contribution in [0.15, 0.2) is 24.5 Å². The fourth-order valence-corrected chi connectivity index (χ4v) is 3.30. The molecule has 2 aliphatic rings. The lowest BCUT2D eigenvalue weighted by atomic mass is 10.0. The van der Waals surface area contributed by atoms with Crippen LogP contribution in [0.2, 0.25) is 0 Å². The van der Waals surface area contributed by atoms with Crippen molar-refractivity contribution < 1.29 is 14.7 Å². The van der Waals surface area contributed by atoms with Crippen LogP contribution in [0.1, 0.15) is 30.5 Å². The molecular formula is C17H20N4O3. The van der Waals surface area contributed by atoms with E-state index in [1.165, 1.54) is 4.90 Å². The van der Waals surface area contributed by atoms with Gasteiger partial charge < -0.3 is 15.3 Å². The van der Waals surface area contributed by atoms with Gasteiger partial charge in [-0.3, -0.25) is 9.36 Å². The smallest absolute Gasteiger partial charge is 0.407 e. The molecule has 126 valence electrons. The average Bonchev–Trinajstić information content (AvgIpc) is 3.34. The second-order valence-corrected chi connectivity index (χ2v) is 6.58. The molecule has 0 aromatic carbocycles. The molecule has 7 nitrogen and oxygen atoms in total. The quantitative estimate of drug-likeness (QED) is 0.904. The molecule has 1 saturated heterocycles. The normalized spacial score (nSPS) is 18.8. The second kappa shape index (κ2) is 5.81. The number of rotatable bonds is 3. The van der Waals surface area contributed by atoms with Crippen molar-refractivity contribution in [1.29, 1.82) is 0 Å². The first-order valence-corrected chi connectivity index (χ1v) is 8.38. The average molecular weight is 328 g/mol. The molecule has 1 aliphatic heterocycles. The van der Waals surface area contributed by atoms with Crippen molar-refractivity contribution in [2.45, 2.75) is 31.7 Å². The van der Waals surface area contributed by atoms with Crippen molar-refractivity contribution in [3.63, 3.8) is 0 Å². The Morgan fingerprint density at radius 2 is 1.92 bits per heavy atom. The molecule has 3 heterocycles. The lowest BCUT2D eigenvalue weighted by Crippen LogP contribution is -2.41. The van der Waals surface area contributed by atoms with Crippen LogP contribution in [0.4, 0.5) is 10.5 Å². The van der Waals surface area contributed by atoms with Gasteiger partial charge in [-0.1, -0.05) is 0 Å². The molecule has 0 radical (unpaired) electrons. The maximum atomic E-state index is 12.3. The number of carboxylic acid groups (broad SMARTS) is 1. The summed E-state index contributed by atoms with van der Waals surface area (Å²) in [6.45, 7) is 1.09. The Bertz CT molecular complexity index is 788. The molecular weight excluding hydrogens is 308 g/mol. The summed E-state index contributed by atoms with van der Waals surface area (Å²) in [6.07, 6.45) is 6.16. The fraction of sp³-hybridized carbons (Fsp3) is 0.471. The lowest BCUT2D eigenvalue weighted by molar-refractivity contribution is 0.0891. The Balaban J connectivity index is 1.53. The van der Waals surface area contributed by atoms with Gasteiger partial charge in [0, 0.05) is 48.5 Å². The van der Waals surface area contributed by atoms with E-state index in [-0.39, 0.29) is 17.9 Å². The highest BCUT2D eigenvalue weighted by Gasteiger charge is 2.31. The Hall–Kier alpha value is -2.57. The van der Waals surface area contributed by atoms with Crippen molar-refractivity contribution in [1.82, 2.24) is 14.5 Å². The number of aromatic nitrogens is 2. The summed E-state index contributed by atoms with van der Waals surface area (Å²) in [7, 11) is 0. The number of pyridine rings is 1. The van der Waals surface area contributed by atoms with Crippen LogP contribution in [-0.2, 0) is 0 Å². The number of nitrogens with one attached hydrogen (secondary N) is 1. The van der Waals surface area contributed by atoms with Gasteiger partial charge in [0.2, 0.25) is 5.91 Å². The van der Waals surface area contributed by atoms with E-state index in [0.717, 1.165) is 36.8 Å². The van der Waals surface area contributed by atoms with Crippen molar-refractivity contribution in [3.8, 4) is 0 Å². The van der Waals surface area contributed by atoms with E-state index in [9.17, 15) is 9.59 Å². The van der Waals surface area contributed by atoms with Crippen LogP contribution in [0.5, 0.6) is 0 Å². The Labute approximate surface area is 139 Å². The highest BCUT2D eigenvalue weighted by molar-refractivity contribution is 5.97. The van der Waals surface area contributed by atoms with Gasteiger partial charge in [-0.25, -0.2) is 9.78 Å². The molecule has 4 rings (SSSR count). The molecule has 0 unspecified atom stereocenters. The van der Waals surface area contributed by atoms with Gasteiger partial charge in [-0.2, -0.15) is 0 Å². The number of fused-ring (bicyclic) bond motifs is 1. The highest BCUT2D eigenvalue weighted by atomic mass is 16.4.